The number of aromatic hydroxyl groups is 1. The zero-order valence-corrected chi connectivity index (χ0v) is 17.3. The molecule has 138 valence electrons. The number of hydrogen-bond acceptors (Lipinski definition) is 4. The molecule has 1 N–H and O–H groups in total. The molecule has 3 rings (SSSR count). The minimum atomic E-state index is 0.398. The number of rotatable bonds is 5. The van der Waals surface area contributed by atoms with Crippen molar-refractivity contribution >= 4 is 33.9 Å². The van der Waals surface area contributed by atoms with Crippen LogP contribution in [-0.2, 0) is 17.3 Å². The average molecular weight is 389 g/mol. The number of phenols is 1. The molecule has 3 nitrogen and oxygen atoms in total. The number of phenolic OH excluding ortho intramolecular Hbond substituents is 1. The maximum Gasteiger partial charge on any atom is 0.362 e. The summed E-state index contributed by atoms with van der Waals surface area (Å²) in [5.74, 6) is 4.28. The van der Waals surface area contributed by atoms with Gasteiger partial charge < -0.3 is 9.84 Å². The fourth-order valence-corrected chi connectivity index (χ4v) is 5.28. The summed E-state index contributed by atoms with van der Waals surface area (Å²) in [5.41, 5.74) is 3.01. The minimum absolute atomic E-state index is 0.398. The number of thioether (sulfide) groups is 1. The second-order valence-corrected chi connectivity index (χ2v) is 7.96. The van der Waals surface area contributed by atoms with E-state index in [0.29, 0.717) is 19.0 Å². The Balaban J connectivity index is 2.17. The third-order valence-electron chi connectivity index (χ3n) is 4.28. The van der Waals surface area contributed by atoms with Gasteiger partial charge in [0.2, 0.25) is 0 Å². The van der Waals surface area contributed by atoms with Crippen LogP contribution in [-0.4, -0.2) is 24.3 Å². The molecule has 0 spiro atoms. The van der Waals surface area contributed by atoms with E-state index < -0.39 is 0 Å². The summed E-state index contributed by atoms with van der Waals surface area (Å²) in [7, 11) is 0. The van der Waals surface area contributed by atoms with Crippen LogP contribution in [0.25, 0.3) is 4.91 Å². The Morgan fingerprint density at radius 1 is 1.15 bits per heavy atom. The van der Waals surface area contributed by atoms with Gasteiger partial charge in [-0.05, 0) is 46.4 Å². The van der Waals surface area contributed by atoms with E-state index in [1.807, 2.05) is 19.9 Å². The standard InChI is InChI=1S/C21H24O3S2/c1-5-14-15(6-2)20(24-8-4)21-16(19(14)22)11-18(26-21)17-10-9-13(25-17)12-23-7-3/h9-11,22H,5-8H2,1-4H3. The fourth-order valence-electron chi connectivity index (χ4n) is 3.16. The van der Waals surface area contributed by atoms with Gasteiger partial charge in [0.05, 0.1) is 12.4 Å². The number of fused-ring (bicyclic) bond motifs is 1. The van der Waals surface area contributed by atoms with Crippen LogP contribution in [0, 0.1) is 6.42 Å². The van der Waals surface area contributed by atoms with Gasteiger partial charge in [-0.2, -0.15) is 23.1 Å². The number of carbonyl (C=O) groups excluding carboxylic acids is 1. The van der Waals surface area contributed by atoms with E-state index in [9.17, 15) is 5.11 Å². The van der Waals surface area contributed by atoms with Crippen molar-refractivity contribution < 1.29 is 14.3 Å². The highest BCUT2D eigenvalue weighted by Gasteiger charge is 2.23. The lowest BCUT2D eigenvalue weighted by Crippen LogP contribution is -2.03. The van der Waals surface area contributed by atoms with Crippen molar-refractivity contribution in [3.05, 3.63) is 44.3 Å². The first-order valence-electron chi connectivity index (χ1n) is 9.05. The molecule has 1 aliphatic rings. The predicted molar refractivity (Wildman–Crippen MR) is 110 cm³/mol. The molecule has 0 aliphatic carbocycles. The number of thiophene rings is 1. The second kappa shape index (κ2) is 8.26. The molecular weight excluding hydrogens is 364 g/mol. The van der Waals surface area contributed by atoms with E-state index in [4.69, 9.17) is 9.16 Å². The number of ether oxygens (including phenoxy) is 1. The molecule has 0 atom stereocenters. The predicted octanol–water partition coefficient (Wildman–Crippen LogP) is 3.50. The molecule has 0 bridgehead atoms. The van der Waals surface area contributed by atoms with Gasteiger partial charge in [0, 0.05) is 12.7 Å². The maximum absolute atomic E-state index is 10.9. The van der Waals surface area contributed by atoms with Crippen molar-refractivity contribution in [3.8, 4) is 11.5 Å². The lowest BCUT2D eigenvalue weighted by Gasteiger charge is -2.23. The molecule has 5 heteroatoms. The van der Waals surface area contributed by atoms with E-state index >= 15 is 0 Å². The van der Waals surface area contributed by atoms with E-state index in [-0.39, 0.29) is 0 Å². The van der Waals surface area contributed by atoms with Crippen LogP contribution in [0.4, 0.5) is 0 Å². The molecule has 0 radical (unpaired) electrons. The number of hydrogen-bond donors (Lipinski definition) is 1. The second-order valence-electron chi connectivity index (χ2n) is 5.83. The van der Waals surface area contributed by atoms with Crippen molar-refractivity contribution in [2.24, 2.45) is 0 Å². The Morgan fingerprint density at radius 2 is 1.92 bits per heavy atom. The topological polar surface area (TPSA) is 40.8 Å². The van der Waals surface area contributed by atoms with Crippen LogP contribution in [0.3, 0.4) is 0 Å². The van der Waals surface area contributed by atoms with Crippen LogP contribution in [0.1, 0.15) is 44.4 Å². The van der Waals surface area contributed by atoms with E-state index in [1.165, 1.54) is 0 Å². The summed E-state index contributed by atoms with van der Waals surface area (Å²) in [5, 5.41) is 10.9. The number of benzene rings is 1. The van der Waals surface area contributed by atoms with E-state index in [1.54, 1.807) is 23.1 Å². The summed E-state index contributed by atoms with van der Waals surface area (Å²) in [6, 6.07) is 4.09. The fraction of sp³-hybridized carbons (Fsp3) is 0.381. The van der Waals surface area contributed by atoms with Crippen LogP contribution in [0.15, 0.2) is 17.0 Å². The zero-order chi connectivity index (χ0) is 18.7. The summed E-state index contributed by atoms with van der Waals surface area (Å²) in [4.78, 5) is 2.15. The Morgan fingerprint density at radius 3 is 2.58 bits per heavy atom. The lowest BCUT2D eigenvalue weighted by atomic mass is 9.95. The molecule has 1 aromatic carbocycles. The monoisotopic (exact) mass is 388 g/mol. The molecule has 26 heavy (non-hydrogen) atoms. The normalized spacial score (nSPS) is 14.6. The summed E-state index contributed by atoms with van der Waals surface area (Å²) in [6.07, 6.45) is 3.71. The minimum Gasteiger partial charge on any atom is -0.550 e. The van der Waals surface area contributed by atoms with Gasteiger partial charge in [0.15, 0.2) is 4.53 Å². The van der Waals surface area contributed by atoms with Gasteiger partial charge in [-0.3, -0.25) is 0 Å². The van der Waals surface area contributed by atoms with Crippen molar-refractivity contribution in [2.75, 3.05) is 13.2 Å². The maximum atomic E-state index is 10.9. The molecule has 0 saturated carbocycles. The third kappa shape index (κ3) is 3.39. The quantitative estimate of drug-likeness (QED) is 0.630. The summed E-state index contributed by atoms with van der Waals surface area (Å²) in [6.45, 7) is 9.37. The Labute approximate surface area is 162 Å². The molecule has 1 aromatic heterocycles. The van der Waals surface area contributed by atoms with Crippen molar-refractivity contribution in [1.29, 1.82) is 0 Å². The highest BCUT2D eigenvalue weighted by Crippen LogP contribution is 2.53. The van der Waals surface area contributed by atoms with Crippen LogP contribution >= 0.6 is 23.1 Å². The molecule has 2 aromatic rings. The first kappa shape index (κ1) is 19.0. The first-order chi connectivity index (χ1) is 12.6. The molecule has 0 amide bonds. The summed E-state index contributed by atoms with van der Waals surface area (Å²) < 4.78 is 13.4. The van der Waals surface area contributed by atoms with Gasteiger partial charge in [-0.25, -0.2) is 4.42 Å². The third-order valence-corrected chi connectivity index (χ3v) is 6.59. The van der Waals surface area contributed by atoms with Gasteiger partial charge in [0.1, 0.15) is 0 Å². The van der Waals surface area contributed by atoms with Crippen LogP contribution in [0.5, 0.6) is 11.5 Å². The van der Waals surface area contributed by atoms with Crippen LogP contribution < -0.4 is 13.8 Å². The average Bonchev–Trinajstić information content (AvgIpc) is 3.29. The molecule has 0 fully saturated rings. The molecule has 1 aliphatic heterocycles. The molecule has 0 saturated heterocycles. The summed E-state index contributed by atoms with van der Waals surface area (Å²) >= 11 is 3.31. The Bertz CT molecular complexity index is 966. The Kier molecular flexibility index (Phi) is 6.02. The zero-order valence-electron chi connectivity index (χ0n) is 15.6. The first-order valence-corrected chi connectivity index (χ1v) is 10.7. The van der Waals surface area contributed by atoms with Gasteiger partial charge >= 0.3 is 5.94 Å². The lowest BCUT2D eigenvalue weighted by molar-refractivity contribution is 0.127. The van der Waals surface area contributed by atoms with Crippen LogP contribution in [0.2, 0.25) is 0 Å². The van der Waals surface area contributed by atoms with E-state index in [2.05, 4.69) is 32.3 Å². The van der Waals surface area contributed by atoms with Crippen molar-refractivity contribution in [3.63, 3.8) is 0 Å². The van der Waals surface area contributed by atoms with Gasteiger partial charge in [0.25, 0.3) is 6.61 Å². The molecule has 0 unspecified atom stereocenters. The van der Waals surface area contributed by atoms with Gasteiger partial charge in [-0.15, -0.1) is 6.42 Å². The Hall–Kier alpha value is -1.81. The van der Waals surface area contributed by atoms with Crippen molar-refractivity contribution in [1.82, 2.24) is 0 Å². The smallest absolute Gasteiger partial charge is 0.362 e. The molecular formula is C21H24O3S2. The SMILES string of the molecule is CCOc1c(CC)c(CC)c(O)c2c1SC(=c1ccc(=C=[O+]CC)s1)[CH-]2. The van der Waals surface area contributed by atoms with Crippen molar-refractivity contribution in [2.45, 2.75) is 45.4 Å². The van der Waals surface area contributed by atoms with Gasteiger partial charge in [-0.1, -0.05) is 30.4 Å². The molecule has 2 heterocycles. The van der Waals surface area contributed by atoms with E-state index in [0.717, 1.165) is 54.1 Å². The highest BCUT2D eigenvalue weighted by molar-refractivity contribution is 8.08. The largest absolute Gasteiger partial charge is 0.550 e. The highest BCUT2D eigenvalue weighted by atomic mass is 32.2.